The van der Waals surface area contributed by atoms with Crippen LogP contribution in [0.4, 0.5) is 0 Å². The zero-order valence-corrected chi connectivity index (χ0v) is 23.0. The normalized spacial score (nSPS) is 18.3. The lowest BCUT2D eigenvalue weighted by atomic mass is 9.79. The number of rotatable bonds is 11. The summed E-state index contributed by atoms with van der Waals surface area (Å²) in [6.45, 7) is 8.23. The Morgan fingerprint density at radius 3 is 2.25 bits per heavy atom. The molecule has 0 bridgehead atoms. The molecule has 7 heteroatoms. The Kier molecular flexibility index (Phi) is 8.44. The van der Waals surface area contributed by atoms with Gasteiger partial charge in [-0.2, -0.15) is 0 Å². The Labute approximate surface area is 216 Å². The largest absolute Gasteiger partial charge is 0.461 e. The lowest BCUT2D eigenvalue weighted by Crippen LogP contribution is -2.53. The molecule has 0 saturated carbocycles. The summed E-state index contributed by atoms with van der Waals surface area (Å²) in [6.07, 6.45) is 8.89. The zero-order chi connectivity index (χ0) is 25.6. The Bertz CT molecular complexity index is 1070. The third kappa shape index (κ3) is 6.52. The first-order valence-corrected chi connectivity index (χ1v) is 16.4. The minimum absolute atomic E-state index is 0.0127. The Hall–Kier alpha value is -2.74. The van der Waals surface area contributed by atoms with Crippen LogP contribution in [0.1, 0.15) is 36.8 Å². The molecule has 1 fully saturated rings. The van der Waals surface area contributed by atoms with E-state index in [-0.39, 0.29) is 18.1 Å². The number of esters is 1. The molecule has 0 amide bonds. The summed E-state index contributed by atoms with van der Waals surface area (Å²) in [7, 11) is 0.0303. The SMILES string of the molecule is C[n+]1ccn(CCCCC(=O)O[C@H]2CN[C@@H](C(O[Si](C)(C)C)(c3ccccc3)c3ccccc3)C2)c1. The monoisotopic (exact) mass is 506 g/mol. The maximum absolute atomic E-state index is 12.7. The number of unbranched alkanes of at least 4 members (excludes halogenated alkanes) is 1. The highest BCUT2D eigenvalue weighted by Gasteiger charge is 2.49. The minimum atomic E-state index is -1.98. The van der Waals surface area contributed by atoms with Gasteiger partial charge in [-0.15, -0.1) is 0 Å². The van der Waals surface area contributed by atoms with Crippen molar-refractivity contribution in [2.75, 3.05) is 6.54 Å². The summed E-state index contributed by atoms with van der Waals surface area (Å²) < 4.78 is 17.2. The Balaban J connectivity index is 1.45. The number of aromatic nitrogens is 2. The number of carbonyl (C=O) groups excluding carboxylic acids is 1. The van der Waals surface area contributed by atoms with Crippen LogP contribution in [-0.2, 0) is 33.2 Å². The fraction of sp³-hybridized carbons (Fsp3) is 0.448. The average Bonchev–Trinajstić information content (AvgIpc) is 3.50. The molecule has 36 heavy (non-hydrogen) atoms. The van der Waals surface area contributed by atoms with Gasteiger partial charge in [0.1, 0.15) is 24.1 Å². The van der Waals surface area contributed by atoms with Crippen LogP contribution < -0.4 is 9.88 Å². The molecule has 192 valence electrons. The highest BCUT2D eigenvalue weighted by atomic mass is 28.4. The second kappa shape index (κ2) is 11.5. The van der Waals surface area contributed by atoms with Gasteiger partial charge in [0.25, 0.3) is 0 Å². The summed E-state index contributed by atoms with van der Waals surface area (Å²) in [5, 5.41) is 3.68. The summed E-state index contributed by atoms with van der Waals surface area (Å²) in [5.41, 5.74) is 1.60. The molecule has 2 heterocycles. The van der Waals surface area contributed by atoms with Crippen LogP contribution in [0.5, 0.6) is 0 Å². The number of hydrogen-bond acceptors (Lipinski definition) is 4. The fourth-order valence-electron chi connectivity index (χ4n) is 5.16. The number of nitrogens with zero attached hydrogens (tertiary/aromatic N) is 2. The number of carbonyl (C=O) groups is 1. The highest BCUT2D eigenvalue weighted by molar-refractivity contribution is 6.69. The number of benzene rings is 2. The average molecular weight is 507 g/mol. The van der Waals surface area contributed by atoms with Crippen molar-refractivity contribution in [2.45, 2.75) is 69.6 Å². The summed E-state index contributed by atoms with van der Waals surface area (Å²) in [4.78, 5) is 12.7. The minimum Gasteiger partial charge on any atom is -0.461 e. The molecule has 1 N–H and O–H groups in total. The second-order valence-corrected chi connectivity index (χ2v) is 15.2. The fourth-order valence-corrected chi connectivity index (χ4v) is 6.50. The zero-order valence-electron chi connectivity index (χ0n) is 22.0. The summed E-state index contributed by atoms with van der Waals surface area (Å²) in [6, 6.07) is 21.0. The van der Waals surface area contributed by atoms with Gasteiger partial charge in [0.2, 0.25) is 6.33 Å². The highest BCUT2D eigenvalue weighted by Crippen LogP contribution is 2.42. The first kappa shape index (κ1) is 26.3. The van der Waals surface area contributed by atoms with Crippen molar-refractivity contribution < 1.29 is 18.5 Å². The predicted molar refractivity (Wildman–Crippen MR) is 144 cm³/mol. The maximum atomic E-state index is 12.7. The van der Waals surface area contributed by atoms with Gasteiger partial charge in [0, 0.05) is 25.4 Å². The van der Waals surface area contributed by atoms with Crippen molar-refractivity contribution in [1.29, 1.82) is 0 Å². The van der Waals surface area contributed by atoms with Gasteiger partial charge >= 0.3 is 5.97 Å². The third-order valence-electron chi connectivity index (χ3n) is 6.62. The standard InChI is InChI=1S/C29H40N3O3Si/c1-31-19-20-32(23-31)18-12-11-17-28(33)34-26-21-27(30-22-26)29(35-36(2,3)4,24-13-7-5-8-14-24)25-15-9-6-10-16-25/h5-10,13-16,19-20,23,26-27,30H,11-12,17-18,21-22H2,1-4H3/q+1/t26-,27-/m1/s1. The van der Waals surface area contributed by atoms with Crippen molar-refractivity contribution in [2.24, 2.45) is 7.05 Å². The smallest absolute Gasteiger partial charge is 0.306 e. The number of aryl methyl sites for hydroxylation is 2. The lowest BCUT2D eigenvalue weighted by molar-refractivity contribution is -0.671. The first-order chi connectivity index (χ1) is 17.3. The van der Waals surface area contributed by atoms with Crippen molar-refractivity contribution in [3.63, 3.8) is 0 Å². The second-order valence-electron chi connectivity index (χ2n) is 10.8. The predicted octanol–water partition coefficient (Wildman–Crippen LogP) is 4.55. The van der Waals surface area contributed by atoms with Gasteiger partial charge < -0.3 is 14.5 Å². The van der Waals surface area contributed by atoms with E-state index in [1.54, 1.807) is 0 Å². The molecule has 3 aromatic rings. The molecule has 6 nitrogen and oxygen atoms in total. The van der Waals surface area contributed by atoms with Gasteiger partial charge in [-0.1, -0.05) is 60.7 Å². The van der Waals surface area contributed by atoms with Crippen LogP contribution >= 0.6 is 0 Å². The van der Waals surface area contributed by atoms with E-state index >= 15 is 0 Å². The van der Waals surface area contributed by atoms with Crippen LogP contribution in [0.2, 0.25) is 19.6 Å². The Morgan fingerprint density at radius 2 is 1.69 bits per heavy atom. The van der Waals surface area contributed by atoms with Crippen LogP contribution in [0.15, 0.2) is 79.4 Å². The van der Waals surface area contributed by atoms with E-state index in [4.69, 9.17) is 9.16 Å². The topological polar surface area (TPSA) is 56.4 Å². The van der Waals surface area contributed by atoms with Crippen molar-refractivity contribution in [3.05, 3.63) is 90.5 Å². The van der Waals surface area contributed by atoms with E-state index in [2.05, 4.69) is 90.6 Å². The molecular formula is C29H40N3O3Si+. The summed E-state index contributed by atoms with van der Waals surface area (Å²) in [5.74, 6) is -0.114. The molecule has 4 rings (SSSR count). The molecule has 0 aliphatic carbocycles. The first-order valence-electron chi connectivity index (χ1n) is 13.0. The molecule has 0 spiro atoms. The van der Waals surface area contributed by atoms with E-state index in [0.29, 0.717) is 19.4 Å². The van der Waals surface area contributed by atoms with E-state index in [9.17, 15) is 4.79 Å². The van der Waals surface area contributed by atoms with Gasteiger partial charge in [-0.05, 0) is 43.6 Å². The molecule has 0 radical (unpaired) electrons. The van der Waals surface area contributed by atoms with E-state index in [1.165, 1.54) is 0 Å². The lowest BCUT2D eigenvalue weighted by Gasteiger charge is -2.44. The van der Waals surface area contributed by atoms with Crippen molar-refractivity contribution in [3.8, 4) is 0 Å². The van der Waals surface area contributed by atoms with Gasteiger partial charge in [-0.25, -0.2) is 9.13 Å². The van der Waals surface area contributed by atoms with E-state index in [0.717, 1.165) is 30.5 Å². The Morgan fingerprint density at radius 1 is 1.06 bits per heavy atom. The van der Waals surface area contributed by atoms with Gasteiger partial charge in [0.05, 0.1) is 13.6 Å². The maximum Gasteiger partial charge on any atom is 0.306 e. The van der Waals surface area contributed by atoms with Crippen molar-refractivity contribution in [1.82, 2.24) is 9.88 Å². The summed E-state index contributed by atoms with van der Waals surface area (Å²) >= 11 is 0. The van der Waals surface area contributed by atoms with Gasteiger partial charge in [0.15, 0.2) is 8.32 Å². The quantitative estimate of drug-likeness (QED) is 0.179. The number of hydrogen-bond donors (Lipinski definition) is 1. The van der Waals surface area contributed by atoms with E-state index in [1.807, 2.05) is 29.9 Å². The van der Waals surface area contributed by atoms with Crippen molar-refractivity contribution >= 4 is 14.3 Å². The number of nitrogens with one attached hydrogen (secondary N) is 1. The molecule has 1 aliphatic heterocycles. The molecule has 1 saturated heterocycles. The van der Waals surface area contributed by atoms with Crippen LogP contribution in [0, 0.1) is 0 Å². The van der Waals surface area contributed by atoms with E-state index < -0.39 is 13.9 Å². The van der Waals surface area contributed by atoms with Gasteiger partial charge in [-0.3, -0.25) is 4.79 Å². The number of ether oxygens (including phenoxy) is 1. The molecule has 2 aromatic carbocycles. The van der Waals surface area contributed by atoms with Crippen LogP contribution in [0.25, 0.3) is 0 Å². The van der Waals surface area contributed by atoms with Crippen LogP contribution in [0.3, 0.4) is 0 Å². The molecule has 1 aromatic heterocycles. The molecule has 2 atom stereocenters. The molecule has 1 aliphatic rings. The number of imidazole rings is 1. The molecule has 0 unspecified atom stereocenters. The molecular weight excluding hydrogens is 466 g/mol. The van der Waals surface area contributed by atoms with Crippen LogP contribution in [-0.4, -0.2) is 37.5 Å². The third-order valence-corrected chi connectivity index (χ3v) is 7.56.